The predicted molar refractivity (Wildman–Crippen MR) is 79.9 cm³/mol. The van der Waals surface area contributed by atoms with Crippen molar-refractivity contribution in [2.75, 3.05) is 38.7 Å². The molecule has 1 N–H and O–H groups in total. The summed E-state index contributed by atoms with van der Waals surface area (Å²) in [5.41, 5.74) is 0. The quantitative estimate of drug-likeness (QED) is 0.674. The fraction of sp³-hybridized carbons (Fsp3) is 1.00. The van der Waals surface area contributed by atoms with Gasteiger partial charge in [-0.15, -0.1) is 0 Å². The molecule has 0 aromatic carbocycles. The third-order valence-corrected chi connectivity index (χ3v) is 4.60. The van der Waals surface area contributed by atoms with Crippen LogP contribution in [0.2, 0.25) is 0 Å². The van der Waals surface area contributed by atoms with E-state index in [-0.39, 0.29) is 0 Å². The maximum atomic E-state index is 3.75. The lowest BCUT2D eigenvalue weighted by molar-refractivity contribution is 0.261. The van der Waals surface area contributed by atoms with Crippen molar-refractivity contribution in [2.45, 2.75) is 45.1 Å². The van der Waals surface area contributed by atoms with Gasteiger partial charge >= 0.3 is 0 Å². The second kappa shape index (κ2) is 9.23. The lowest BCUT2D eigenvalue weighted by Crippen LogP contribution is -2.41. The molecule has 17 heavy (non-hydrogen) atoms. The Bertz CT molecular complexity index is 187. The van der Waals surface area contributed by atoms with E-state index in [1.807, 2.05) is 11.8 Å². The molecule has 0 amide bonds. The molecule has 0 bridgehead atoms. The first-order valence-corrected chi connectivity index (χ1v) is 8.54. The molecule has 1 aliphatic rings. The van der Waals surface area contributed by atoms with Crippen LogP contribution in [0.25, 0.3) is 0 Å². The minimum Gasteiger partial charge on any atom is -0.312 e. The predicted octanol–water partition coefficient (Wildman–Crippen LogP) is 2.84. The summed E-state index contributed by atoms with van der Waals surface area (Å²) in [6.07, 6.45) is 9.17. The van der Waals surface area contributed by atoms with Gasteiger partial charge in [-0.3, -0.25) is 0 Å². The molecule has 1 aliphatic carbocycles. The van der Waals surface area contributed by atoms with Crippen molar-refractivity contribution in [1.29, 1.82) is 0 Å². The molecule has 0 heterocycles. The maximum Gasteiger partial charge on any atom is 0.0104 e. The molecule has 1 rings (SSSR count). The van der Waals surface area contributed by atoms with Crippen molar-refractivity contribution < 1.29 is 0 Å². The maximum absolute atomic E-state index is 3.75. The molecule has 2 unspecified atom stereocenters. The fourth-order valence-corrected chi connectivity index (χ4v) is 3.07. The van der Waals surface area contributed by atoms with Gasteiger partial charge in [0, 0.05) is 19.1 Å². The van der Waals surface area contributed by atoms with Crippen LogP contribution < -0.4 is 5.32 Å². The normalized spacial score (nSPS) is 25.4. The monoisotopic (exact) mass is 258 g/mol. The molecule has 2 nitrogen and oxygen atoms in total. The number of thioether (sulfide) groups is 1. The van der Waals surface area contributed by atoms with Crippen LogP contribution in [-0.2, 0) is 0 Å². The van der Waals surface area contributed by atoms with Crippen LogP contribution in [0.1, 0.15) is 39.0 Å². The first-order valence-electron chi connectivity index (χ1n) is 7.15. The second-order valence-corrected chi connectivity index (χ2v) is 6.46. The highest BCUT2D eigenvalue weighted by Crippen LogP contribution is 2.23. The Kier molecular flexibility index (Phi) is 8.33. The second-order valence-electron chi connectivity index (χ2n) is 5.47. The zero-order chi connectivity index (χ0) is 12.5. The molecule has 0 spiro atoms. The highest BCUT2D eigenvalue weighted by Gasteiger charge is 2.20. The molecule has 0 aromatic rings. The number of rotatable bonds is 8. The number of hydrogen-bond donors (Lipinski definition) is 1. The largest absolute Gasteiger partial charge is 0.312 e. The molecule has 3 heteroatoms. The van der Waals surface area contributed by atoms with E-state index < -0.39 is 0 Å². The molecule has 2 atom stereocenters. The Morgan fingerprint density at radius 3 is 2.71 bits per heavy atom. The van der Waals surface area contributed by atoms with Gasteiger partial charge in [0.15, 0.2) is 0 Å². The third kappa shape index (κ3) is 6.68. The van der Waals surface area contributed by atoms with Gasteiger partial charge in [0.1, 0.15) is 0 Å². The van der Waals surface area contributed by atoms with E-state index in [4.69, 9.17) is 0 Å². The Balaban J connectivity index is 2.01. The zero-order valence-corrected chi connectivity index (χ0v) is 12.7. The minimum atomic E-state index is 0.781. The SMILES string of the molecule is CSCCCN(C)CCNC1CCCCC1C. The van der Waals surface area contributed by atoms with Gasteiger partial charge in [-0.05, 0) is 50.8 Å². The summed E-state index contributed by atoms with van der Waals surface area (Å²) in [6, 6.07) is 0.781. The van der Waals surface area contributed by atoms with E-state index in [2.05, 4.69) is 30.4 Å². The van der Waals surface area contributed by atoms with Gasteiger partial charge < -0.3 is 10.2 Å². The summed E-state index contributed by atoms with van der Waals surface area (Å²) in [5, 5.41) is 3.75. The van der Waals surface area contributed by atoms with E-state index in [0.717, 1.165) is 18.5 Å². The van der Waals surface area contributed by atoms with Crippen LogP contribution in [0.15, 0.2) is 0 Å². The molecule has 1 fully saturated rings. The number of nitrogens with zero attached hydrogens (tertiary/aromatic N) is 1. The first kappa shape index (κ1) is 15.3. The molecular weight excluding hydrogens is 228 g/mol. The summed E-state index contributed by atoms with van der Waals surface area (Å²) in [7, 11) is 2.24. The van der Waals surface area contributed by atoms with Gasteiger partial charge in [-0.1, -0.05) is 19.8 Å². The van der Waals surface area contributed by atoms with Crippen molar-refractivity contribution >= 4 is 11.8 Å². The Morgan fingerprint density at radius 2 is 2.00 bits per heavy atom. The molecule has 1 saturated carbocycles. The van der Waals surface area contributed by atoms with E-state index in [0.29, 0.717) is 0 Å². The third-order valence-electron chi connectivity index (χ3n) is 3.90. The van der Waals surface area contributed by atoms with E-state index in [9.17, 15) is 0 Å². The van der Waals surface area contributed by atoms with Crippen molar-refractivity contribution in [3.05, 3.63) is 0 Å². The highest BCUT2D eigenvalue weighted by atomic mass is 32.2. The van der Waals surface area contributed by atoms with Crippen molar-refractivity contribution in [3.8, 4) is 0 Å². The average Bonchev–Trinajstić information content (AvgIpc) is 2.32. The number of hydrogen-bond acceptors (Lipinski definition) is 3. The van der Waals surface area contributed by atoms with Crippen LogP contribution >= 0.6 is 11.8 Å². The van der Waals surface area contributed by atoms with Crippen molar-refractivity contribution in [2.24, 2.45) is 5.92 Å². The van der Waals surface area contributed by atoms with Gasteiger partial charge in [0.05, 0.1) is 0 Å². The van der Waals surface area contributed by atoms with Crippen LogP contribution in [-0.4, -0.2) is 49.6 Å². The van der Waals surface area contributed by atoms with E-state index in [1.165, 1.54) is 50.9 Å². The molecular formula is C14H30N2S. The Hall–Kier alpha value is 0.270. The van der Waals surface area contributed by atoms with Crippen LogP contribution in [0, 0.1) is 5.92 Å². The minimum absolute atomic E-state index is 0.781. The van der Waals surface area contributed by atoms with Crippen molar-refractivity contribution in [3.63, 3.8) is 0 Å². The number of nitrogens with one attached hydrogen (secondary N) is 1. The van der Waals surface area contributed by atoms with Gasteiger partial charge in [-0.2, -0.15) is 11.8 Å². The summed E-state index contributed by atoms with van der Waals surface area (Å²) in [4.78, 5) is 2.46. The Labute approximate surface area is 112 Å². The van der Waals surface area contributed by atoms with Crippen molar-refractivity contribution in [1.82, 2.24) is 10.2 Å². The molecule has 0 radical (unpaired) electrons. The fourth-order valence-electron chi connectivity index (χ4n) is 2.65. The molecule has 102 valence electrons. The van der Waals surface area contributed by atoms with Gasteiger partial charge in [0.25, 0.3) is 0 Å². The van der Waals surface area contributed by atoms with Crippen LogP contribution in [0.5, 0.6) is 0 Å². The summed E-state index contributed by atoms with van der Waals surface area (Å²) in [6.45, 7) is 5.99. The van der Waals surface area contributed by atoms with Crippen LogP contribution in [0.3, 0.4) is 0 Å². The lowest BCUT2D eigenvalue weighted by atomic mass is 9.86. The topological polar surface area (TPSA) is 15.3 Å². The highest BCUT2D eigenvalue weighted by molar-refractivity contribution is 7.98. The Morgan fingerprint density at radius 1 is 1.24 bits per heavy atom. The van der Waals surface area contributed by atoms with E-state index in [1.54, 1.807) is 0 Å². The average molecular weight is 258 g/mol. The van der Waals surface area contributed by atoms with E-state index >= 15 is 0 Å². The van der Waals surface area contributed by atoms with Gasteiger partial charge in [0.2, 0.25) is 0 Å². The smallest absolute Gasteiger partial charge is 0.0104 e. The summed E-state index contributed by atoms with van der Waals surface area (Å²) in [5.74, 6) is 2.17. The lowest BCUT2D eigenvalue weighted by Gasteiger charge is -2.30. The zero-order valence-electron chi connectivity index (χ0n) is 11.9. The standard InChI is InChI=1S/C14H30N2S/c1-13-7-4-5-8-14(13)15-9-11-16(2)10-6-12-17-3/h13-15H,4-12H2,1-3H3. The van der Waals surface area contributed by atoms with Gasteiger partial charge in [-0.25, -0.2) is 0 Å². The van der Waals surface area contributed by atoms with Crippen LogP contribution in [0.4, 0.5) is 0 Å². The molecule has 0 saturated heterocycles. The molecule has 0 aromatic heterocycles. The molecule has 0 aliphatic heterocycles. The first-order chi connectivity index (χ1) is 8.24. The summed E-state index contributed by atoms with van der Waals surface area (Å²) >= 11 is 1.95. The summed E-state index contributed by atoms with van der Waals surface area (Å²) < 4.78 is 0. The number of likely N-dealkylation sites (N-methyl/N-ethyl adjacent to an activating group) is 1.